The van der Waals surface area contributed by atoms with Gasteiger partial charge in [0.15, 0.2) is 0 Å². The molecule has 0 aliphatic carbocycles. The second-order valence-corrected chi connectivity index (χ2v) is 17.9. The van der Waals surface area contributed by atoms with E-state index in [0.29, 0.717) is 24.0 Å². The van der Waals surface area contributed by atoms with Crippen LogP contribution in [0.25, 0.3) is 0 Å². The Morgan fingerprint density at radius 3 is 2.22 bits per heavy atom. The Bertz CT molecular complexity index is 1700. The fourth-order valence-electron chi connectivity index (χ4n) is 9.23. The summed E-state index contributed by atoms with van der Waals surface area (Å²) in [5.74, 6) is -3.79. The van der Waals surface area contributed by atoms with Crippen LogP contribution in [0, 0.1) is 17.3 Å². The average molecular weight is 807 g/mol. The number of hydrogen-bond donors (Lipinski definition) is 2. The highest BCUT2D eigenvalue weighted by Gasteiger charge is 2.78. The first-order chi connectivity index (χ1) is 25.5. The second-order valence-electron chi connectivity index (χ2n) is 16.8. The minimum Gasteiger partial charge on any atom is -0.455 e. The third-order valence-electron chi connectivity index (χ3n) is 11.0. The summed E-state index contributed by atoms with van der Waals surface area (Å²) in [4.78, 5) is 60.8. The van der Waals surface area contributed by atoms with E-state index in [0.717, 1.165) is 0 Å². The van der Waals surface area contributed by atoms with Crippen LogP contribution in [0.1, 0.15) is 90.5 Å². The number of ether oxygens (including phenoxy) is 2. The summed E-state index contributed by atoms with van der Waals surface area (Å²) in [7, 11) is 0. The molecule has 3 amide bonds. The maximum absolute atomic E-state index is 15.4. The third kappa shape index (κ3) is 8.09. The molecule has 0 aromatic heterocycles. The van der Waals surface area contributed by atoms with Gasteiger partial charge in [0.1, 0.15) is 17.7 Å². The summed E-state index contributed by atoms with van der Waals surface area (Å²) < 4.78 is 13.2. The number of aliphatic hydroxyl groups is 1. The van der Waals surface area contributed by atoms with Crippen molar-refractivity contribution in [3.8, 4) is 0 Å². The molecule has 0 saturated carbocycles. The van der Waals surface area contributed by atoms with Gasteiger partial charge in [-0.2, -0.15) is 0 Å². The van der Waals surface area contributed by atoms with E-state index in [4.69, 9.17) is 9.47 Å². The first-order valence-corrected chi connectivity index (χ1v) is 19.8. The molecule has 54 heavy (non-hydrogen) atoms. The number of aliphatic hydroxyl groups excluding tert-OH is 1. The highest BCUT2D eigenvalue weighted by Crippen LogP contribution is 2.62. The van der Waals surface area contributed by atoms with Crippen LogP contribution in [-0.2, 0) is 28.7 Å². The van der Waals surface area contributed by atoms with Crippen molar-refractivity contribution >= 4 is 39.6 Å². The lowest BCUT2D eigenvalue weighted by atomic mass is 9.70. The van der Waals surface area contributed by atoms with Crippen molar-refractivity contribution < 1.29 is 33.8 Å². The smallest absolute Gasteiger partial charge is 0.313 e. The van der Waals surface area contributed by atoms with Crippen molar-refractivity contribution in [2.75, 3.05) is 13.2 Å². The van der Waals surface area contributed by atoms with E-state index in [1.807, 2.05) is 74.5 Å². The molecule has 2 aromatic rings. The van der Waals surface area contributed by atoms with Crippen LogP contribution in [0.2, 0.25) is 0 Å². The molecule has 9 atom stereocenters. The van der Waals surface area contributed by atoms with E-state index in [1.165, 1.54) is 4.90 Å². The molecule has 3 fully saturated rings. The standard InChI is InChI=1S/C43H56BrN3O7/c1-9-11-22-32(49)45-27(3)35(29-20-16-13-17-21-29)53-40(52)33-34-38(50)47(31(25-48)28-18-14-12-15-19-28)37(43(34)24-30(44)36(33)54-43)39(51)46(23-10-2)42(7,8)26-41(4,5)6/h9-10,12-21,27,30-31,33-37,48H,1-2,11,22-26H2,3-8H3,(H,45,49)/t27-,30?,31+,33+,34-,35-,36+,37+,43-/m0/s1. The topological polar surface area (TPSA) is 125 Å². The number of carbonyl (C=O) groups is 4. The molecule has 0 radical (unpaired) electrons. The van der Waals surface area contributed by atoms with E-state index in [9.17, 15) is 14.7 Å². The summed E-state index contributed by atoms with van der Waals surface area (Å²) in [6.07, 6.45) is 3.38. The molecule has 3 saturated heterocycles. The summed E-state index contributed by atoms with van der Waals surface area (Å²) in [5.41, 5.74) is -0.867. The van der Waals surface area contributed by atoms with Crippen molar-refractivity contribution in [1.29, 1.82) is 0 Å². The van der Waals surface area contributed by atoms with Crippen molar-refractivity contribution in [1.82, 2.24) is 15.1 Å². The molecule has 1 unspecified atom stereocenters. The molecule has 2 aromatic carbocycles. The minimum atomic E-state index is -1.40. The summed E-state index contributed by atoms with van der Waals surface area (Å²) in [6, 6.07) is 15.6. The van der Waals surface area contributed by atoms with Crippen LogP contribution >= 0.6 is 15.9 Å². The van der Waals surface area contributed by atoms with Gasteiger partial charge in [-0.3, -0.25) is 19.2 Å². The average Bonchev–Trinajstić information content (AvgIpc) is 3.71. The minimum absolute atomic E-state index is 0.136. The van der Waals surface area contributed by atoms with Crippen LogP contribution in [0.15, 0.2) is 86.0 Å². The third-order valence-corrected chi connectivity index (χ3v) is 11.8. The molecular weight excluding hydrogens is 750 g/mol. The SMILES string of the molecule is C=CCCC(=O)N[C@@H](C)[C@H](OC(=O)[C@H]1[C@@H]2O[C@@]3(CC2Br)[C@@H]1C(=O)N([C@H](CO)c1ccccc1)[C@@H]3C(=O)N(CC=C)C(C)(C)CC(C)(C)C)c1ccccc1. The van der Waals surface area contributed by atoms with Gasteiger partial charge < -0.3 is 29.7 Å². The molecule has 10 nitrogen and oxygen atoms in total. The Kier molecular flexibility index (Phi) is 12.6. The van der Waals surface area contributed by atoms with Crippen LogP contribution in [0.4, 0.5) is 0 Å². The molecule has 3 aliphatic rings. The first-order valence-electron chi connectivity index (χ1n) is 18.9. The lowest BCUT2D eigenvalue weighted by molar-refractivity contribution is -0.163. The Morgan fingerprint density at radius 1 is 1.06 bits per heavy atom. The number of allylic oxidation sites excluding steroid dienone is 1. The van der Waals surface area contributed by atoms with E-state index < -0.39 is 71.8 Å². The maximum atomic E-state index is 15.4. The van der Waals surface area contributed by atoms with E-state index >= 15 is 9.59 Å². The summed E-state index contributed by atoms with van der Waals surface area (Å²) in [6.45, 7) is 19.6. The Hall–Kier alpha value is -3.80. The van der Waals surface area contributed by atoms with Crippen LogP contribution in [0.3, 0.4) is 0 Å². The van der Waals surface area contributed by atoms with Crippen LogP contribution in [0.5, 0.6) is 0 Å². The lowest BCUT2D eigenvalue weighted by Gasteiger charge is -2.46. The number of rotatable bonds is 16. The Balaban J connectivity index is 1.59. The molecule has 292 valence electrons. The number of hydrogen-bond acceptors (Lipinski definition) is 7. The number of esters is 1. The van der Waals surface area contributed by atoms with Gasteiger partial charge in [-0.05, 0) is 56.6 Å². The van der Waals surface area contributed by atoms with Crippen LogP contribution in [-0.4, -0.2) is 85.9 Å². The first kappa shape index (κ1) is 41.4. The van der Waals surface area contributed by atoms with Gasteiger partial charge in [-0.25, -0.2) is 0 Å². The monoisotopic (exact) mass is 805 g/mol. The zero-order valence-corrected chi connectivity index (χ0v) is 34.0. The number of alkyl halides is 1. The normalized spacial score (nSPS) is 26.4. The number of benzene rings is 2. The number of likely N-dealkylation sites (tertiary alicyclic amines) is 1. The number of fused-ring (bicyclic) bond motifs is 1. The summed E-state index contributed by atoms with van der Waals surface area (Å²) >= 11 is 3.78. The van der Waals surface area contributed by atoms with E-state index in [-0.39, 0.29) is 41.4 Å². The molecule has 5 rings (SSSR count). The number of carbonyl (C=O) groups excluding carboxylic acids is 4. The highest BCUT2D eigenvalue weighted by molar-refractivity contribution is 9.09. The van der Waals surface area contributed by atoms with Crippen molar-refractivity contribution in [2.45, 2.75) is 114 Å². The predicted molar refractivity (Wildman–Crippen MR) is 211 cm³/mol. The van der Waals surface area contributed by atoms with Crippen molar-refractivity contribution in [3.05, 3.63) is 97.1 Å². The number of nitrogens with zero attached hydrogens (tertiary/aromatic N) is 2. The molecule has 2 N–H and O–H groups in total. The Labute approximate surface area is 328 Å². The van der Waals surface area contributed by atoms with Gasteiger partial charge in [-0.15, -0.1) is 13.2 Å². The molecule has 3 aliphatic heterocycles. The Morgan fingerprint density at radius 2 is 1.67 bits per heavy atom. The fourth-order valence-corrected chi connectivity index (χ4v) is 10.2. The van der Waals surface area contributed by atoms with Crippen LogP contribution < -0.4 is 5.32 Å². The molecule has 3 heterocycles. The maximum Gasteiger partial charge on any atom is 0.313 e. The molecule has 11 heteroatoms. The van der Waals surface area contributed by atoms with Gasteiger partial charge in [0.2, 0.25) is 17.7 Å². The number of nitrogens with one attached hydrogen (secondary N) is 1. The summed E-state index contributed by atoms with van der Waals surface area (Å²) in [5, 5.41) is 13.9. The molecule has 1 spiro atoms. The van der Waals surface area contributed by atoms with Gasteiger partial charge in [0.05, 0.1) is 36.6 Å². The quantitative estimate of drug-likeness (QED) is 0.114. The number of amides is 3. The van der Waals surface area contributed by atoms with Gasteiger partial charge >= 0.3 is 5.97 Å². The second kappa shape index (κ2) is 16.5. The van der Waals surface area contributed by atoms with Gasteiger partial charge in [-0.1, -0.05) is 110 Å². The van der Waals surface area contributed by atoms with E-state index in [2.05, 4.69) is 55.2 Å². The van der Waals surface area contributed by atoms with Crippen molar-refractivity contribution in [3.63, 3.8) is 0 Å². The predicted octanol–water partition coefficient (Wildman–Crippen LogP) is 6.45. The van der Waals surface area contributed by atoms with Gasteiger partial charge in [0.25, 0.3) is 0 Å². The molecular formula is C43H56BrN3O7. The van der Waals surface area contributed by atoms with E-state index in [1.54, 1.807) is 24.0 Å². The van der Waals surface area contributed by atoms with Gasteiger partial charge in [0, 0.05) is 23.3 Å². The number of halogens is 1. The fraction of sp³-hybridized carbons (Fsp3) is 0.535. The zero-order chi connectivity index (χ0) is 39.6. The van der Waals surface area contributed by atoms with Crippen molar-refractivity contribution in [2.24, 2.45) is 17.3 Å². The lowest BCUT2D eigenvalue weighted by Crippen LogP contribution is -2.61. The zero-order valence-electron chi connectivity index (χ0n) is 32.4. The molecule has 2 bridgehead atoms. The largest absolute Gasteiger partial charge is 0.455 e. The highest BCUT2D eigenvalue weighted by atomic mass is 79.9.